The molecule has 0 fully saturated rings. The normalized spacial score (nSPS) is 11.2. The molecular weight excluding hydrogens is 390 g/mol. The lowest BCUT2D eigenvalue weighted by Gasteiger charge is -2.23. The summed E-state index contributed by atoms with van der Waals surface area (Å²) in [7, 11) is 12.3. The molecule has 0 bridgehead atoms. The molecule has 31 heavy (non-hydrogen) atoms. The summed E-state index contributed by atoms with van der Waals surface area (Å²) in [4.78, 5) is 16.5. The zero-order chi connectivity index (χ0) is 23.8. The Morgan fingerprint density at radius 1 is 0.742 bits per heavy atom. The third kappa shape index (κ3) is 14.9. The molecule has 0 aliphatic heterocycles. The van der Waals surface area contributed by atoms with E-state index >= 15 is 0 Å². The van der Waals surface area contributed by atoms with Crippen LogP contribution < -0.4 is 0 Å². The van der Waals surface area contributed by atoms with Crippen LogP contribution in [0.1, 0.15) is 75.0 Å². The highest BCUT2D eigenvalue weighted by molar-refractivity contribution is 5.66. The Bertz CT molecular complexity index is 616. The van der Waals surface area contributed by atoms with Gasteiger partial charge >= 0.3 is 5.97 Å². The fourth-order valence-corrected chi connectivity index (χ4v) is 3.46. The van der Waals surface area contributed by atoms with Crippen molar-refractivity contribution in [3.05, 3.63) is 28.8 Å². The summed E-state index contributed by atoms with van der Waals surface area (Å²) in [5.74, 6) is -0.267. The minimum Gasteiger partial charge on any atom is -0.508 e. The molecule has 0 atom stereocenters. The standard InChI is InChI=1S/C15H27N3O.C10H20O2/c1-16(2)9-12-7-8-15(19)14(11-18(5)6)13(12)10-17(3)4;1-2-3-4-5-6-7-8-9-10(11)12/h7-8,19H,9-11H2,1-6H3;2-9H2,1H3,(H,11,12). The van der Waals surface area contributed by atoms with E-state index in [0.717, 1.165) is 38.0 Å². The molecule has 0 unspecified atom stereocenters. The minimum absolute atomic E-state index is 0.341. The molecule has 0 amide bonds. The highest BCUT2D eigenvalue weighted by atomic mass is 16.4. The molecule has 180 valence electrons. The number of phenols is 1. The smallest absolute Gasteiger partial charge is 0.303 e. The van der Waals surface area contributed by atoms with Crippen molar-refractivity contribution in [2.24, 2.45) is 0 Å². The predicted molar refractivity (Wildman–Crippen MR) is 131 cm³/mol. The summed E-state index contributed by atoms with van der Waals surface area (Å²) in [6.07, 6.45) is 8.64. The van der Waals surface area contributed by atoms with Crippen molar-refractivity contribution in [3.63, 3.8) is 0 Å². The number of phenolic OH excluding ortho intramolecular Hbond substituents is 1. The molecule has 0 aliphatic rings. The molecule has 0 saturated carbocycles. The van der Waals surface area contributed by atoms with E-state index < -0.39 is 5.97 Å². The van der Waals surface area contributed by atoms with Gasteiger partial charge in [0.1, 0.15) is 5.75 Å². The zero-order valence-electron chi connectivity index (χ0n) is 21.1. The Labute approximate surface area is 190 Å². The minimum atomic E-state index is -0.663. The predicted octanol–water partition coefficient (Wildman–Crippen LogP) is 4.79. The SMILES string of the molecule is CCCCCCCCCC(=O)O.CN(C)Cc1ccc(O)c(CN(C)C)c1CN(C)C. The van der Waals surface area contributed by atoms with Crippen molar-refractivity contribution >= 4 is 5.97 Å². The van der Waals surface area contributed by atoms with Crippen LogP contribution in [-0.2, 0) is 24.4 Å². The summed E-state index contributed by atoms with van der Waals surface area (Å²) in [6.45, 7) is 4.70. The van der Waals surface area contributed by atoms with E-state index in [1.54, 1.807) is 0 Å². The summed E-state index contributed by atoms with van der Waals surface area (Å²) in [5.41, 5.74) is 3.57. The Balaban J connectivity index is 0.000000649. The maximum absolute atomic E-state index is 10.2. The molecule has 0 saturated heterocycles. The van der Waals surface area contributed by atoms with Gasteiger partial charge in [0.2, 0.25) is 0 Å². The van der Waals surface area contributed by atoms with Gasteiger partial charge in [-0.1, -0.05) is 51.5 Å². The second kappa shape index (κ2) is 17.0. The van der Waals surface area contributed by atoms with Crippen molar-refractivity contribution in [1.82, 2.24) is 14.7 Å². The van der Waals surface area contributed by atoms with E-state index in [-0.39, 0.29) is 0 Å². The van der Waals surface area contributed by atoms with Crippen molar-refractivity contribution in [2.45, 2.75) is 77.9 Å². The number of carbonyl (C=O) groups is 1. The van der Waals surface area contributed by atoms with E-state index in [0.29, 0.717) is 12.2 Å². The van der Waals surface area contributed by atoms with Crippen LogP contribution in [-0.4, -0.2) is 73.2 Å². The number of hydrogen-bond acceptors (Lipinski definition) is 5. The van der Waals surface area contributed by atoms with E-state index in [1.165, 1.54) is 43.2 Å². The zero-order valence-corrected chi connectivity index (χ0v) is 21.1. The molecule has 0 spiro atoms. The Hall–Kier alpha value is -1.63. The number of nitrogens with zero attached hydrogens (tertiary/aromatic N) is 3. The van der Waals surface area contributed by atoms with Gasteiger partial charge in [-0.15, -0.1) is 0 Å². The molecule has 6 nitrogen and oxygen atoms in total. The van der Waals surface area contributed by atoms with Crippen molar-refractivity contribution in [3.8, 4) is 5.75 Å². The first kappa shape index (κ1) is 29.4. The maximum atomic E-state index is 10.2. The molecular formula is C25H47N3O3. The lowest BCUT2D eigenvalue weighted by molar-refractivity contribution is -0.137. The van der Waals surface area contributed by atoms with E-state index in [1.807, 2.05) is 26.2 Å². The topological polar surface area (TPSA) is 67.2 Å². The van der Waals surface area contributed by atoms with Crippen molar-refractivity contribution in [2.75, 3.05) is 42.3 Å². The molecule has 1 aromatic rings. The number of carboxylic acids is 1. The van der Waals surface area contributed by atoms with Gasteiger partial charge < -0.3 is 24.9 Å². The number of aromatic hydroxyl groups is 1. The number of hydrogen-bond donors (Lipinski definition) is 2. The van der Waals surface area contributed by atoms with Gasteiger partial charge in [0, 0.05) is 31.6 Å². The average Bonchev–Trinajstić information content (AvgIpc) is 2.65. The van der Waals surface area contributed by atoms with Crippen molar-refractivity contribution < 1.29 is 15.0 Å². The number of rotatable bonds is 14. The summed E-state index contributed by atoms with van der Waals surface area (Å²) in [5, 5.41) is 18.5. The number of carboxylic acid groups (broad SMARTS) is 1. The van der Waals surface area contributed by atoms with Gasteiger partial charge in [-0.05, 0) is 65.9 Å². The third-order valence-electron chi connectivity index (χ3n) is 4.93. The number of benzene rings is 1. The third-order valence-corrected chi connectivity index (χ3v) is 4.93. The second-order valence-corrected chi connectivity index (χ2v) is 9.18. The van der Waals surface area contributed by atoms with E-state index in [9.17, 15) is 9.90 Å². The molecule has 0 aromatic heterocycles. The number of unbranched alkanes of at least 4 members (excludes halogenated alkanes) is 6. The van der Waals surface area contributed by atoms with Crippen LogP contribution >= 0.6 is 0 Å². The van der Waals surface area contributed by atoms with Gasteiger partial charge in [0.25, 0.3) is 0 Å². The molecule has 0 heterocycles. The maximum Gasteiger partial charge on any atom is 0.303 e. The Kier molecular flexibility index (Phi) is 16.1. The Morgan fingerprint density at radius 3 is 1.71 bits per heavy atom. The highest BCUT2D eigenvalue weighted by Crippen LogP contribution is 2.27. The largest absolute Gasteiger partial charge is 0.508 e. The average molecular weight is 438 g/mol. The van der Waals surface area contributed by atoms with Gasteiger partial charge in [-0.3, -0.25) is 4.79 Å². The lowest BCUT2D eigenvalue weighted by Crippen LogP contribution is -2.20. The lowest BCUT2D eigenvalue weighted by atomic mass is 9.98. The van der Waals surface area contributed by atoms with E-state index in [4.69, 9.17) is 5.11 Å². The van der Waals surface area contributed by atoms with E-state index in [2.05, 4.69) is 49.8 Å². The first-order chi connectivity index (χ1) is 14.6. The van der Waals surface area contributed by atoms with Gasteiger partial charge in [-0.2, -0.15) is 0 Å². The molecule has 0 aliphatic carbocycles. The monoisotopic (exact) mass is 437 g/mol. The quantitative estimate of drug-likeness (QED) is 0.408. The summed E-state index contributed by atoms with van der Waals surface area (Å²) < 4.78 is 0. The van der Waals surface area contributed by atoms with Gasteiger partial charge in [0.15, 0.2) is 0 Å². The van der Waals surface area contributed by atoms with Crippen LogP contribution in [0.15, 0.2) is 12.1 Å². The summed E-state index contributed by atoms with van der Waals surface area (Å²) >= 11 is 0. The van der Waals surface area contributed by atoms with Crippen LogP contribution in [0.5, 0.6) is 5.75 Å². The van der Waals surface area contributed by atoms with Crippen molar-refractivity contribution in [1.29, 1.82) is 0 Å². The Morgan fingerprint density at radius 2 is 1.23 bits per heavy atom. The number of aliphatic carboxylic acids is 1. The van der Waals surface area contributed by atoms with Crippen LogP contribution in [0.4, 0.5) is 0 Å². The molecule has 1 rings (SSSR count). The first-order valence-electron chi connectivity index (χ1n) is 11.6. The fraction of sp³-hybridized carbons (Fsp3) is 0.720. The van der Waals surface area contributed by atoms with Crippen LogP contribution in [0.25, 0.3) is 0 Å². The van der Waals surface area contributed by atoms with Crippen LogP contribution in [0.3, 0.4) is 0 Å². The van der Waals surface area contributed by atoms with Crippen LogP contribution in [0.2, 0.25) is 0 Å². The molecule has 6 heteroatoms. The fourth-order valence-electron chi connectivity index (χ4n) is 3.46. The molecule has 2 N–H and O–H groups in total. The molecule has 0 radical (unpaired) electrons. The summed E-state index contributed by atoms with van der Waals surface area (Å²) in [6, 6.07) is 3.85. The van der Waals surface area contributed by atoms with Crippen LogP contribution in [0, 0.1) is 0 Å². The van der Waals surface area contributed by atoms with Gasteiger partial charge in [-0.25, -0.2) is 0 Å². The first-order valence-corrected chi connectivity index (χ1v) is 11.6. The van der Waals surface area contributed by atoms with Gasteiger partial charge in [0.05, 0.1) is 0 Å². The highest BCUT2D eigenvalue weighted by Gasteiger charge is 2.15. The second-order valence-electron chi connectivity index (χ2n) is 9.18. The molecule has 1 aromatic carbocycles.